The zero-order valence-electron chi connectivity index (χ0n) is 5.16. The van der Waals surface area contributed by atoms with Gasteiger partial charge in [0.15, 0.2) is 0 Å². The molecule has 1 amide bonds. The van der Waals surface area contributed by atoms with Crippen LogP contribution in [0, 0.1) is 0 Å². The molecule has 0 aromatic carbocycles. The van der Waals surface area contributed by atoms with Crippen molar-refractivity contribution in [1.82, 2.24) is 5.32 Å². The maximum absolute atomic E-state index is 10.2. The highest BCUT2D eigenvalue weighted by molar-refractivity contribution is 5.72. The second-order valence-electron chi connectivity index (χ2n) is 1.44. The Labute approximate surface area is 52.7 Å². The van der Waals surface area contributed by atoms with Crippen molar-refractivity contribution in [2.24, 2.45) is 5.11 Å². The van der Waals surface area contributed by atoms with Gasteiger partial charge in [0.05, 0.1) is 0 Å². The van der Waals surface area contributed by atoms with E-state index in [1.54, 1.807) is 0 Å². The summed E-state index contributed by atoms with van der Waals surface area (Å²) in [6.07, 6.45) is 0. The first-order valence-corrected chi connectivity index (χ1v) is 2.52. The van der Waals surface area contributed by atoms with Gasteiger partial charge in [0.2, 0.25) is 5.91 Å². The van der Waals surface area contributed by atoms with Gasteiger partial charge in [-0.2, -0.15) is 0 Å². The van der Waals surface area contributed by atoms with Crippen molar-refractivity contribution < 1.29 is 4.79 Å². The van der Waals surface area contributed by atoms with Gasteiger partial charge < -0.3 is 5.32 Å². The van der Waals surface area contributed by atoms with Crippen LogP contribution in [0.25, 0.3) is 10.4 Å². The lowest BCUT2D eigenvalue weighted by atomic mass is 10.6. The van der Waals surface area contributed by atoms with E-state index in [0.29, 0.717) is 13.1 Å². The van der Waals surface area contributed by atoms with Gasteiger partial charge in [-0.05, 0) is 5.53 Å². The number of hydrogen-bond donors (Lipinski definition) is 1. The van der Waals surface area contributed by atoms with Crippen molar-refractivity contribution in [2.75, 3.05) is 13.1 Å². The van der Waals surface area contributed by atoms with E-state index in [2.05, 4.69) is 15.3 Å². The maximum Gasteiger partial charge on any atom is 0.216 e. The van der Waals surface area contributed by atoms with Crippen molar-refractivity contribution in [3.05, 3.63) is 10.4 Å². The molecule has 5 nitrogen and oxygen atoms in total. The molecular weight excluding hydrogens is 120 g/mol. The summed E-state index contributed by atoms with van der Waals surface area (Å²) >= 11 is 0. The summed E-state index contributed by atoms with van der Waals surface area (Å²) in [4.78, 5) is 12.7. The summed E-state index contributed by atoms with van der Waals surface area (Å²) < 4.78 is 0. The smallest absolute Gasteiger partial charge is 0.216 e. The average molecular weight is 128 g/mol. The van der Waals surface area contributed by atoms with Crippen LogP contribution in [0.15, 0.2) is 5.11 Å². The fourth-order valence-electron chi connectivity index (χ4n) is 0.327. The normalized spacial score (nSPS) is 7.67. The summed E-state index contributed by atoms with van der Waals surface area (Å²) in [5, 5.41) is 5.69. The van der Waals surface area contributed by atoms with Gasteiger partial charge >= 0.3 is 0 Å². The average Bonchev–Trinajstić information content (AvgIpc) is 1.80. The Balaban J connectivity index is 3.10. The third-order valence-corrected chi connectivity index (χ3v) is 0.649. The van der Waals surface area contributed by atoms with Crippen LogP contribution in [0.5, 0.6) is 0 Å². The molecule has 0 saturated heterocycles. The van der Waals surface area contributed by atoms with E-state index < -0.39 is 0 Å². The summed E-state index contributed by atoms with van der Waals surface area (Å²) in [5.41, 5.74) is 7.78. The van der Waals surface area contributed by atoms with Crippen molar-refractivity contribution in [1.29, 1.82) is 0 Å². The van der Waals surface area contributed by atoms with Crippen molar-refractivity contribution in [3.8, 4) is 0 Å². The van der Waals surface area contributed by atoms with Crippen molar-refractivity contribution in [3.63, 3.8) is 0 Å². The second-order valence-corrected chi connectivity index (χ2v) is 1.44. The molecule has 0 aliphatic carbocycles. The van der Waals surface area contributed by atoms with E-state index in [9.17, 15) is 4.79 Å². The molecule has 0 aromatic heterocycles. The lowest BCUT2D eigenvalue weighted by molar-refractivity contribution is -0.118. The number of carbonyl (C=O) groups is 1. The number of rotatable bonds is 3. The van der Waals surface area contributed by atoms with Crippen LogP contribution in [-0.4, -0.2) is 19.0 Å². The number of nitrogens with zero attached hydrogens (tertiary/aromatic N) is 3. The molecule has 0 rings (SSSR count). The van der Waals surface area contributed by atoms with E-state index in [1.807, 2.05) is 0 Å². The predicted octanol–water partition coefficient (Wildman–Crippen LogP) is 0.433. The number of amides is 1. The Hall–Kier alpha value is -1.22. The van der Waals surface area contributed by atoms with Crippen LogP contribution in [0.4, 0.5) is 0 Å². The molecule has 0 heterocycles. The Morgan fingerprint density at radius 2 is 2.56 bits per heavy atom. The SMILES string of the molecule is CC(=O)NCCN=[N+]=[N-]. The van der Waals surface area contributed by atoms with Gasteiger partial charge in [0.1, 0.15) is 0 Å². The lowest BCUT2D eigenvalue weighted by Crippen LogP contribution is -2.22. The Kier molecular flexibility index (Phi) is 4.26. The van der Waals surface area contributed by atoms with Gasteiger partial charge in [-0.3, -0.25) is 4.79 Å². The molecule has 50 valence electrons. The largest absolute Gasteiger partial charge is 0.356 e. The highest BCUT2D eigenvalue weighted by Crippen LogP contribution is 1.67. The molecule has 9 heavy (non-hydrogen) atoms. The molecule has 5 heteroatoms. The van der Waals surface area contributed by atoms with E-state index >= 15 is 0 Å². The molecule has 1 N–H and O–H groups in total. The summed E-state index contributed by atoms with van der Waals surface area (Å²) in [6, 6.07) is 0. The fourth-order valence-corrected chi connectivity index (χ4v) is 0.327. The number of azide groups is 1. The van der Waals surface area contributed by atoms with Crippen molar-refractivity contribution >= 4 is 5.91 Å². The van der Waals surface area contributed by atoms with E-state index in [-0.39, 0.29) is 5.91 Å². The predicted molar refractivity (Wildman–Crippen MR) is 32.7 cm³/mol. The van der Waals surface area contributed by atoms with Gasteiger partial charge in [-0.1, -0.05) is 5.11 Å². The van der Waals surface area contributed by atoms with Gasteiger partial charge in [-0.15, -0.1) is 0 Å². The van der Waals surface area contributed by atoms with Crippen molar-refractivity contribution in [2.45, 2.75) is 6.92 Å². The summed E-state index contributed by atoms with van der Waals surface area (Å²) in [5.74, 6) is -0.108. The number of nitrogens with one attached hydrogen (secondary N) is 1. The fraction of sp³-hybridized carbons (Fsp3) is 0.750. The Morgan fingerprint density at radius 1 is 1.89 bits per heavy atom. The molecule has 0 atom stereocenters. The molecule has 0 fully saturated rings. The molecular formula is C4H8N4O. The summed E-state index contributed by atoms with van der Waals surface area (Å²) in [7, 11) is 0. The number of hydrogen-bond acceptors (Lipinski definition) is 2. The maximum atomic E-state index is 10.2. The molecule has 0 unspecified atom stereocenters. The Morgan fingerprint density at radius 3 is 3.00 bits per heavy atom. The second kappa shape index (κ2) is 4.93. The molecule has 0 aliphatic heterocycles. The topological polar surface area (TPSA) is 77.9 Å². The molecule has 0 aromatic rings. The van der Waals surface area contributed by atoms with Gasteiger partial charge in [0.25, 0.3) is 0 Å². The molecule has 0 spiro atoms. The zero-order valence-corrected chi connectivity index (χ0v) is 5.16. The lowest BCUT2D eigenvalue weighted by Gasteiger charge is -1.93. The standard InChI is InChI=1S/C4H8N4O/c1-4(9)6-2-3-7-8-5/h2-3H2,1H3,(H,6,9). The van der Waals surface area contributed by atoms with Crippen LogP contribution < -0.4 is 5.32 Å². The first-order chi connectivity index (χ1) is 4.27. The zero-order chi connectivity index (χ0) is 7.11. The van der Waals surface area contributed by atoms with Gasteiger partial charge in [0, 0.05) is 24.9 Å². The van der Waals surface area contributed by atoms with Gasteiger partial charge in [-0.25, -0.2) is 0 Å². The monoisotopic (exact) mass is 128 g/mol. The highest BCUT2D eigenvalue weighted by atomic mass is 16.1. The van der Waals surface area contributed by atoms with E-state index in [4.69, 9.17) is 5.53 Å². The first kappa shape index (κ1) is 7.78. The minimum Gasteiger partial charge on any atom is -0.356 e. The number of carbonyl (C=O) groups excluding carboxylic acids is 1. The molecule has 0 radical (unpaired) electrons. The summed E-state index contributed by atoms with van der Waals surface area (Å²) in [6.45, 7) is 2.14. The van der Waals surface area contributed by atoms with Crippen LogP contribution in [0.2, 0.25) is 0 Å². The molecule has 0 bridgehead atoms. The van der Waals surface area contributed by atoms with Crippen LogP contribution >= 0.6 is 0 Å². The van der Waals surface area contributed by atoms with E-state index in [0.717, 1.165) is 0 Å². The van der Waals surface area contributed by atoms with Crippen LogP contribution in [0.3, 0.4) is 0 Å². The first-order valence-electron chi connectivity index (χ1n) is 2.52. The highest BCUT2D eigenvalue weighted by Gasteiger charge is 1.85. The van der Waals surface area contributed by atoms with Crippen LogP contribution in [-0.2, 0) is 4.79 Å². The minimum atomic E-state index is -0.108. The third-order valence-electron chi connectivity index (χ3n) is 0.649. The van der Waals surface area contributed by atoms with Crippen LogP contribution in [0.1, 0.15) is 6.92 Å². The molecule has 0 aliphatic rings. The minimum absolute atomic E-state index is 0.108. The Bertz CT molecular complexity index is 136. The molecule has 0 saturated carbocycles. The third kappa shape index (κ3) is 6.78. The van der Waals surface area contributed by atoms with E-state index in [1.165, 1.54) is 6.92 Å². The quantitative estimate of drug-likeness (QED) is 0.254.